The summed E-state index contributed by atoms with van der Waals surface area (Å²) in [4.78, 5) is 5.23. The highest BCUT2D eigenvalue weighted by atomic mass is 32.2. The molecule has 0 spiro atoms. The predicted octanol–water partition coefficient (Wildman–Crippen LogP) is 3.92. The zero-order valence-electron chi connectivity index (χ0n) is 10.8. The van der Waals surface area contributed by atoms with E-state index in [9.17, 15) is 4.21 Å². The molecule has 0 aliphatic rings. The van der Waals surface area contributed by atoms with Crippen LogP contribution < -0.4 is 0 Å². The fraction of sp³-hybridized carbons (Fsp3) is 0.400. The van der Waals surface area contributed by atoms with Crippen LogP contribution in [0.2, 0.25) is 0 Å². The monoisotopic (exact) mass is 261 g/mol. The number of aromatic nitrogens is 1. The molecule has 1 atom stereocenters. The van der Waals surface area contributed by atoms with Crippen LogP contribution in [0, 0.1) is 0 Å². The topological polar surface area (TPSA) is 30.0 Å². The molecule has 0 fully saturated rings. The van der Waals surface area contributed by atoms with Gasteiger partial charge in [0.2, 0.25) is 0 Å². The van der Waals surface area contributed by atoms with E-state index in [1.807, 2.05) is 30.3 Å². The average molecular weight is 261 g/mol. The van der Waals surface area contributed by atoms with E-state index >= 15 is 0 Å². The lowest BCUT2D eigenvalue weighted by Crippen LogP contribution is -2.00. The molecule has 2 nitrogen and oxygen atoms in total. The van der Waals surface area contributed by atoms with Crippen molar-refractivity contribution in [2.75, 3.05) is 5.75 Å². The molecule has 0 saturated heterocycles. The number of para-hydroxylation sites is 1. The molecule has 3 heteroatoms. The molecule has 1 aromatic carbocycles. The smallest absolute Gasteiger partial charge is 0.0863 e. The van der Waals surface area contributed by atoms with Crippen LogP contribution in [0.4, 0.5) is 0 Å². The summed E-state index contributed by atoms with van der Waals surface area (Å²) in [6.45, 7) is 2.19. The fourth-order valence-corrected chi connectivity index (χ4v) is 3.33. The molecule has 96 valence electrons. The Labute approximate surface area is 111 Å². The number of fused-ring (bicyclic) bond motifs is 1. The van der Waals surface area contributed by atoms with Crippen LogP contribution in [0.15, 0.2) is 41.4 Å². The van der Waals surface area contributed by atoms with Gasteiger partial charge in [-0.25, -0.2) is 0 Å². The minimum atomic E-state index is -0.924. The van der Waals surface area contributed by atoms with Crippen LogP contribution in [-0.4, -0.2) is 14.9 Å². The number of benzene rings is 1. The van der Waals surface area contributed by atoms with Gasteiger partial charge in [0.15, 0.2) is 0 Å². The van der Waals surface area contributed by atoms with Gasteiger partial charge < -0.3 is 0 Å². The number of unbranched alkanes of at least 4 members (excludes halogenated alkanes) is 3. The summed E-state index contributed by atoms with van der Waals surface area (Å²) in [6.07, 6.45) is 6.40. The number of nitrogens with zero attached hydrogens (tertiary/aromatic N) is 1. The highest BCUT2D eigenvalue weighted by molar-refractivity contribution is 7.85. The third-order valence-corrected chi connectivity index (χ3v) is 4.50. The molecule has 2 aromatic rings. The van der Waals surface area contributed by atoms with Crippen molar-refractivity contribution >= 4 is 21.7 Å². The normalized spacial score (nSPS) is 12.7. The summed E-state index contributed by atoms with van der Waals surface area (Å²) in [5, 5.41) is 1.07. The molecular formula is C15H19NOS. The Morgan fingerprint density at radius 1 is 1.11 bits per heavy atom. The van der Waals surface area contributed by atoms with E-state index in [1.165, 1.54) is 19.3 Å². The molecule has 1 heterocycles. The Hall–Kier alpha value is -1.22. The highest BCUT2D eigenvalue weighted by Gasteiger charge is 2.08. The molecular weight excluding hydrogens is 242 g/mol. The molecule has 0 aliphatic carbocycles. The van der Waals surface area contributed by atoms with Crippen molar-refractivity contribution in [2.45, 2.75) is 37.5 Å². The van der Waals surface area contributed by atoms with Gasteiger partial charge in [-0.2, -0.15) is 0 Å². The largest absolute Gasteiger partial charge is 0.255 e. The van der Waals surface area contributed by atoms with E-state index in [0.717, 1.165) is 28.0 Å². The lowest BCUT2D eigenvalue weighted by atomic mass is 10.2. The Morgan fingerprint density at radius 2 is 1.94 bits per heavy atom. The third-order valence-electron chi connectivity index (χ3n) is 3.02. The molecule has 0 unspecified atom stereocenters. The van der Waals surface area contributed by atoms with Crippen LogP contribution in [0.1, 0.15) is 32.6 Å². The standard InChI is InChI=1S/C15H19NOS/c1-2-3-4-5-12-18(17)14-10-6-8-13-9-7-11-16-15(13)14/h6-11H,2-5,12H2,1H3/t18-/m0/s1. The van der Waals surface area contributed by atoms with Crippen LogP contribution in [0.25, 0.3) is 10.9 Å². The van der Waals surface area contributed by atoms with Gasteiger partial charge in [0.25, 0.3) is 0 Å². The summed E-state index contributed by atoms with van der Waals surface area (Å²) in [6, 6.07) is 9.84. The van der Waals surface area contributed by atoms with E-state index in [-0.39, 0.29) is 0 Å². The van der Waals surface area contributed by atoms with Crippen molar-refractivity contribution in [3.63, 3.8) is 0 Å². The van der Waals surface area contributed by atoms with Gasteiger partial charge in [-0.1, -0.05) is 44.4 Å². The molecule has 0 radical (unpaired) electrons. The first kappa shape index (κ1) is 13.2. The second-order valence-corrected chi connectivity index (χ2v) is 5.98. The molecule has 0 saturated carbocycles. The summed E-state index contributed by atoms with van der Waals surface area (Å²) >= 11 is 0. The first-order valence-corrected chi connectivity index (χ1v) is 7.87. The van der Waals surface area contributed by atoms with Crippen molar-refractivity contribution in [1.82, 2.24) is 4.98 Å². The van der Waals surface area contributed by atoms with Crippen LogP contribution in [0.3, 0.4) is 0 Å². The molecule has 2 rings (SSSR count). The maximum atomic E-state index is 12.3. The van der Waals surface area contributed by atoms with Crippen molar-refractivity contribution in [3.05, 3.63) is 36.5 Å². The van der Waals surface area contributed by atoms with E-state index in [1.54, 1.807) is 6.20 Å². The third kappa shape index (κ3) is 3.16. The first-order valence-electron chi connectivity index (χ1n) is 6.55. The molecule has 18 heavy (non-hydrogen) atoms. The second-order valence-electron chi connectivity index (χ2n) is 4.44. The van der Waals surface area contributed by atoms with Crippen molar-refractivity contribution in [2.24, 2.45) is 0 Å². The molecule has 0 N–H and O–H groups in total. The van der Waals surface area contributed by atoms with Gasteiger partial charge in [-0.15, -0.1) is 0 Å². The quantitative estimate of drug-likeness (QED) is 0.738. The summed E-state index contributed by atoms with van der Waals surface area (Å²) in [7, 11) is -0.924. The number of pyridine rings is 1. The van der Waals surface area contributed by atoms with Gasteiger partial charge in [0.05, 0.1) is 21.2 Å². The van der Waals surface area contributed by atoms with E-state index in [2.05, 4.69) is 11.9 Å². The van der Waals surface area contributed by atoms with Crippen molar-refractivity contribution < 1.29 is 4.21 Å². The van der Waals surface area contributed by atoms with E-state index in [4.69, 9.17) is 0 Å². The molecule has 0 aliphatic heterocycles. The lowest BCUT2D eigenvalue weighted by Gasteiger charge is -2.05. The number of hydrogen-bond acceptors (Lipinski definition) is 2. The van der Waals surface area contributed by atoms with Gasteiger partial charge in [0, 0.05) is 17.3 Å². The molecule has 0 bridgehead atoms. The zero-order valence-corrected chi connectivity index (χ0v) is 11.6. The fourth-order valence-electron chi connectivity index (χ4n) is 2.03. The highest BCUT2D eigenvalue weighted by Crippen LogP contribution is 2.20. The van der Waals surface area contributed by atoms with Crippen LogP contribution in [0.5, 0.6) is 0 Å². The maximum absolute atomic E-state index is 12.3. The second kappa shape index (κ2) is 6.64. The van der Waals surface area contributed by atoms with Gasteiger partial charge >= 0.3 is 0 Å². The Bertz CT molecular complexity index is 534. The SMILES string of the molecule is CCCCCC[S@](=O)c1cccc2cccnc12. The summed E-state index contributed by atoms with van der Waals surface area (Å²) < 4.78 is 12.3. The van der Waals surface area contributed by atoms with Crippen molar-refractivity contribution in [3.8, 4) is 0 Å². The van der Waals surface area contributed by atoms with Crippen molar-refractivity contribution in [1.29, 1.82) is 0 Å². The first-order chi connectivity index (χ1) is 8.83. The predicted molar refractivity (Wildman–Crippen MR) is 77.2 cm³/mol. The minimum absolute atomic E-state index is 0.746. The van der Waals surface area contributed by atoms with Crippen LogP contribution >= 0.6 is 0 Å². The molecule has 0 amide bonds. The summed E-state index contributed by atoms with van der Waals surface area (Å²) in [5.41, 5.74) is 0.883. The average Bonchev–Trinajstić information content (AvgIpc) is 2.43. The van der Waals surface area contributed by atoms with Gasteiger partial charge in [-0.3, -0.25) is 9.19 Å². The zero-order chi connectivity index (χ0) is 12.8. The number of hydrogen-bond donors (Lipinski definition) is 0. The van der Waals surface area contributed by atoms with E-state index in [0.29, 0.717) is 0 Å². The lowest BCUT2D eigenvalue weighted by molar-refractivity contribution is 0.668. The minimum Gasteiger partial charge on any atom is -0.255 e. The van der Waals surface area contributed by atoms with Crippen LogP contribution in [-0.2, 0) is 10.8 Å². The maximum Gasteiger partial charge on any atom is 0.0863 e. The Kier molecular flexibility index (Phi) is 4.88. The molecule has 1 aromatic heterocycles. The Morgan fingerprint density at radius 3 is 2.78 bits per heavy atom. The number of rotatable bonds is 6. The summed E-state index contributed by atoms with van der Waals surface area (Å²) in [5.74, 6) is 0.746. The van der Waals surface area contributed by atoms with Gasteiger partial charge in [0.1, 0.15) is 0 Å². The Balaban J connectivity index is 2.13. The van der Waals surface area contributed by atoms with E-state index < -0.39 is 10.8 Å². The van der Waals surface area contributed by atoms with Gasteiger partial charge in [-0.05, 0) is 18.6 Å².